The van der Waals surface area contributed by atoms with E-state index in [4.69, 9.17) is 10.2 Å². The van der Waals surface area contributed by atoms with Gasteiger partial charge < -0.3 is 10.2 Å². The average molecular weight is 192 g/mol. The highest BCUT2D eigenvalue weighted by Crippen LogP contribution is 2.11. The fourth-order valence-electron chi connectivity index (χ4n) is 0.579. The number of rotatable bonds is 5. The lowest BCUT2D eigenvalue weighted by Gasteiger charge is -2.05. The molecule has 0 saturated heterocycles. The summed E-state index contributed by atoms with van der Waals surface area (Å²) in [7, 11) is 0. The van der Waals surface area contributed by atoms with Crippen LogP contribution in [0.3, 0.4) is 0 Å². The van der Waals surface area contributed by atoms with E-state index >= 15 is 0 Å². The minimum atomic E-state index is -1.59. The van der Waals surface area contributed by atoms with Gasteiger partial charge in [-0.15, -0.1) is 0 Å². The Hall–Kier alpha value is -1.04. The summed E-state index contributed by atoms with van der Waals surface area (Å²) >= 11 is 0.923. The molecule has 6 heteroatoms. The van der Waals surface area contributed by atoms with Crippen LogP contribution in [0.1, 0.15) is 6.42 Å². The highest BCUT2D eigenvalue weighted by atomic mass is 32.2. The topological polar surface area (TPSA) is 91.7 Å². The zero-order valence-corrected chi connectivity index (χ0v) is 7.13. The third-order valence-corrected chi connectivity index (χ3v) is 2.10. The van der Waals surface area contributed by atoms with Gasteiger partial charge in [-0.25, -0.2) is 4.79 Å². The molecule has 1 atom stereocenters. The minimum absolute atomic E-state index is 0.452. The van der Waals surface area contributed by atoms with Crippen molar-refractivity contribution >= 4 is 29.5 Å². The van der Waals surface area contributed by atoms with E-state index < -0.39 is 29.4 Å². The Bertz CT molecular complexity index is 212. The van der Waals surface area contributed by atoms with Gasteiger partial charge in [-0.1, -0.05) is 0 Å². The van der Waals surface area contributed by atoms with E-state index in [0.717, 1.165) is 11.8 Å². The van der Waals surface area contributed by atoms with Gasteiger partial charge in [0.25, 0.3) is 5.78 Å². The number of carboxylic acid groups (broad SMARTS) is 2. The maximum absolute atomic E-state index is 10.7. The lowest BCUT2D eigenvalue weighted by molar-refractivity contribution is -0.149. The second-order valence-corrected chi connectivity index (χ2v) is 3.03. The summed E-state index contributed by atoms with van der Waals surface area (Å²) in [5, 5.41) is 15.5. The molecule has 0 aromatic rings. The molecule has 0 aromatic carbocycles. The summed E-state index contributed by atoms with van der Waals surface area (Å²) in [5.41, 5.74) is 0. The van der Waals surface area contributed by atoms with Gasteiger partial charge in [-0.3, -0.25) is 9.59 Å². The SMILES string of the molecule is CSC(CC(=O)O)C(=O)C(=O)O. The van der Waals surface area contributed by atoms with Crippen LogP contribution in [0.25, 0.3) is 0 Å². The zero-order valence-electron chi connectivity index (χ0n) is 6.31. The molecular formula is C6H8O5S. The standard InChI is InChI=1S/C6H8O5S/c1-12-3(2-4(7)8)5(9)6(10)11/h3H,2H2,1H3,(H,7,8)(H,10,11). The first-order chi connectivity index (χ1) is 5.49. The quantitative estimate of drug-likeness (QED) is 0.588. The van der Waals surface area contributed by atoms with Crippen molar-refractivity contribution in [3.8, 4) is 0 Å². The maximum atomic E-state index is 10.7. The van der Waals surface area contributed by atoms with Crippen LogP contribution in [0.4, 0.5) is 0 Å². The van der Waals surface area contributed by atoms with Crippen molar-refractivity contribution in [2.45, 2.75) is 11.7 Å². The van der Waals surface area contributed by atoms with E-state index in [1.54, 1.807) is 0 Å². The molecule has 0 heterocycles. The van der Waals surface area contributed by atoms with Gasteiger partial charge in [-0.2, -0.15) is 11.8 Å². The van der Waals surface area contributed by atoms with Crippen LogP contribution in [0, 0.1) is 0 Å². The van der Waals surface area contributed by atoms with Crippen molar-refractivity contribution in [3.05, 3.63) is 0 Å². The van der Waals surface area contributed by atoms with Crippen LogP contribution < -0.4 is 0 Å². The van der Waals surface area contributed by atoms with E-state index in [9.17, 15) is 14.4 Å². The van der Waals surface area contributed by atoms with Gasteiger partial charge in [0.2, 0.25) is 0 Å². The summed E-state index contributed by atoms with van der Waals surface area (Å²) in [5.74, 6) is -3.83. The van der Waals surface area contributed by atoms with Crippen LogP contribution >= 0.6 is 11.8 Å². The Morgan fingerprint density at radius 1 is 1.33 bits per heavy atom. The van der Waals surface area contributed by atoms with Crippen molar-refractivity contribution in [1.82, 2.24) is 0 Å². The Morgan fingerprint density at radius 2 is 1.83 bits per heavy atom. The van der Waals surface area contributed by atoms with E-state index in [-0.39, 0.29) is 0 Å². The second kappa shape index (κ2) is 4.76. The number of hydrogen-bond donors (Lipinski definition) is 2. The Labute approximate surface area is 72.8 Å². The van der Waals surface area contributed by atoms with Crippen LogP contribution in [-0.2, 0) is 14.4 Å². The van der Waals surface area contributed by atoms with E-state index in [1.165, 1.54) is 6.26 Å². The van der Waals surface area contributed by atoms with Crippen molar-refractivity contribution in [2.75, 3.05) is 6.26 Å². The van der Waals surface area contributed by atoms with Crippen molar-refractivity contribution in [1.29, 1.82) is 0 Å². The van der Waals surface area contributed by atoms with Crippen molar-refractivity contribution in [2.24, 2.45) is 0 Å². The first-order valence-corrected chi connectivity index (χ1v) is 4.29. The fourth-order valence-corrected chi connectivity index (χ4v) is 1.20. The summed E-state index contributed by atoms with van der Waals surface area (Å²) in [6.07, 6.45) is 1.04. The van der Waals surface area contributed by atoms with Gasteiger partial charge >= 0.3 is 11.9 Å². The predicted molar refractivity (Wildman–Crippen MR) is 42.2 cm³/mol. The smallest absolute Gasteiger partial charge is 0.373 e. The van der Waals surface area contributed by atoms with E-state index in [2.05, 4.69) is 0 Å². The Morgan fingerprint density at radius 3 is 2.08 bits per heavy atom. The Balaban J connectivity index is 4.24. The Kier molecular flexibility index (Phi) is 4.35. The summed E-state index contributed by atoms with van der Waals surface area (Å²) in [6, 6.07) is 0. The number of ketones is 1. The monoisotopic (exact) mass is 192 g/mol. The van der Waals surface area contributed by atoms with E-state index in [1.807, 2.05) is 0 Å². The van der Waals surface area contributed by atoms with Crippen molar-refractivity contribution in [3.63, 3.8) is 0 Å². The predicted octanol–water partition coefficient (Wildman–Crippen LogP) is -0.154. The molecule has 0 aliphatic rings. The van der Waals surface area contributed by atoms with Crippen LogP contribution in [-0.4, -0.2) is 39.4 Å². The molecule has 0 saturated carbocycles. The number of carboxylic acids is 2. The first-order valence-electron chi connectivity index (χ1n) is 3.00. The third kappa shape index (κ3) is 3.38. The lowest BCUT2D eigenvalue weighted by Crippen LogP contribution is -2.27. The van der Waals surface area contributed by atoms with Crippen LogP contribution in [0.15, 0.2) is 0 Å². The normalized spacial score (nSPS) is 12.1. The first kappa shape index (κ1) is 11.0. The number of aliphatic carboxylic acids is 2. The molecule has 0 spiro atoms. The molecule has 0 rings (SSSR count). The molecule has 2 N–H and O–H groups in total. The maximum Gasteiger partial charge on any atom is 0.373 e. The third-order valence-electron chi connectivity index (χ3n) is 1.15. The number of carbonyl (C=O) groups excluding carboxylic acids is 1. The molecule has 5 nitrogen and oxygen atoms in total. The zero-order chi connectivity index (χ0) is 9.72. The molecule has 0 aliphatic heterocycles. The lowest BCUT2D eigenvalue weighted by atomic mass is 10.2. The number of hydrogen-bond acceptors (Lipinski definition) is 4. The summed E-state index contributed by atoms with van der Waals surface area (Å²) < 4.78 is 0. The second-order valence-electron chi connectivity index (χ2n) is 1.99. The fraction of sp³-hybridized carbons (Fsp3) is 0.500. The molecule has 0 bridgehead atoms. The van der Waals surface area contributed by atoms with Crippen LogP contribution in [0.2, 0.25) is 0 Å². The minimum Gasteiger partial charge on any atom is -0.481 e. The number of carbonyl (C=O) groups is 3. The number of thioether (sulfide) groups is 1. The van der Waals surface area contributed by atoms with Gasteiger partial charge in [0.15, 0.2) is 0 Å². The van der Waals surface area contributed by atoms with E-state index in [0.29, 0.717) is 0 Å². The molecule has 68 valence electrons. The molecule has 0 fully saturated rings. The molecule has 1 unspecified atom stereocenters. The molecule has 0 amide bonds. The molecular weight excluding hydrogens is 184 g/mol. The van der Waals surface area contributed by atoms with Gasteiger partial charge in [0, 0.05) is 0 Å². The van der Waals surface area contributed by atoms with Gasteiger partial charge in [0.05, 0.1) is 11.7 Å². The largest absolute Gasteiger partial charge is 0.481 e. The van der Waals surface area contributed by atoms with Crippen molar-refractivity contribution < 1.29 is 24.6 Å². The average Bonchev–Trinajstić information content (AvgIpc) is 1.98. The molecule has 0 aromatic heterocycles. The van der Waals surface area contributed by atoms with Gasteiger partial charge in [-0.05, 0) is 6.26 Å². The highest BCUT2D eigenvalue weighted by molar-refractivity contribution is 8.00. The summed E-state index contributed by atoms with van der Waals surface area (Å²) in [4.78, 5) is 31.0. The number of Topliss-reactive ketones (excluding diaryl/α,β-unsaturated/α-hetero) is 1. The molecule has 0 aliphatic carbocycles. The molecule has 12 heavy (non-hydrogen) atoms. The van der Waals surface area contributed by atoms with Crippen LogP contribution in [0.5, 0.6) is 0 Å². The molecule has 0 radical (unpaired) electrons. The van der Waals surface area contributed by atoms with Gasteiger partial charge in [0.1, 0.15) is 0 Å². The highest BCUT2D eigenvalue weighted by Gasteiger charge is 2.25. The summed E-state index contributed by atoms with van der Waals surface area (Å²) in [6.45, 7) is 0.